The van der Waals surface area contributed by atoms with E-state index >= 15 is 0 Å². The van der Waals surface area contributed by atoms with Crippen LogP contribution in [0.15, 0.2) is 48.5 Å². The predicted molar refractivity (Wildman–Crippen MR) is 126 cm³/mol. The van der Waals surface area contributed by atoms with Crippen LogP contribution < -0.4 is 15.5 Å². The van der Waals surface area contributed by atoms with Crippen molar-refractivity contribution in [3.05, 3.63) is 57.7 Å². The molecule has 0 aliphatic carbocycles. The van der Waals surface area contributed by atoms with E-state index in [0.29, 0.717) is 11.4 Å². The largest absolute Gasteiger partial charge is 0.459 e. The van der Waals surface area contributed by atoms with Crippen LogP contribution in [-0.4, -0.2) is 36.6 Å². The Morgan fingerprint density at radius 2 is 1.77 bits per heavy atom. The Kier molecular flexibility index (Phi) is 8.22. The molecular formula is C22H26IN3O4. The Balaban J connectivity index is 2.07. The number of amides is 3. The monoisotopic (exact) mass is 523 g/mol. The lowest BCUT2D eigenvalue weighted by Gasteiger charge is -2.26. The van der Waals surface area contributed by atoms with Crippen molar-refractivity contribution >= 4 is 51.9 Å². The number of carbonyl (C=O) groups excluding carboxylic acids is 3. The molecule has 7 nitrogen and oxygen atoms in total. The minimum atomic E-state index is -0.665. The van der Waals surface area contributed by atoms with Gasteiger partial charge in [-0.15, -0.1) is 0 Å². The van der Waals surface area contributed by atoms with Gasteiger partial charge < -0.3 is 15.4 Å². The third-order valence-corrected chi connectivity index (χ3v) is 4.74. The van der Waals surface area contributed by atoms with Gasteiger partial charge in [-0.1, -0.05) is 24.3 Å². The molecule has 0 radical (unpaired) electrons. The number of hydrogen-bond donors (Lipinski definition) is 2. The zero-order valence-electron chi connectivity index (χ0n) is 17.5. The number of ether oxygens (including phenoxy) is 1. The Labute approximate surface area is 190 Å². The van der Waals surface area contributed by atoms with Crippen LogP contribution in [-0.2, 0) is 14.3 Å². The molecule has 0 aliphatic rings. The molecule has 2 N–H and O–H groups in total. The van der Waals surface area contributed by atoms with Crippen molar-refractivity contribution in [3.8, 4) is 0 Å². The van der Waals surface area contributed by atoms with E-state index in [2.05, 4.69) is 33.2 Å². The topological polar surface area (TPSA) is 87.7 Å². The second-order valence-corrected chi connectivity index (χ2v) is 8.86. The fraction of sp³-hybridized carbons (Fsp3) is 0.318. The van der Waals surface area contributed by atoms with E-state index in [1.54, 1.807) is 39.0 Å². The van der Waals surface area contributed by atoms with Crippen LogP contribution in [0.1, 0.15) is 26.3 Å². The first kappa shape index (κ1) is 23.7. The third kappa shape index (κ3) is 7.66. The van der Waals surface area contributed by atoms with E-state index < -0.39 is 23.5 Å². The molecule has 8 heteroatoms. The molecule has 2 aromatic rings. The normalized spacial score (nSPS) is 10.8. The highest BCUT2D eigenvalue weighted by Gasteiger charge is 2.25. The minimum Gasteiger partial charge on any atom is -0.459 e. The maximum Gasteiger partial charge on any atom is 0.326 e. The number of nitrogens with one attached hydrogen (secondary N) is 2. The van der Waals surface area contributed by atoms with Crippen LogP contribution in [0, 0.1) is 10.5 Å². The lowest BCUT2D eigenvalue weighted by Crippen LogP contribution is -2.45. The average Bonchev–Trinajstić information content (AvgIpc) is 2.63. The van der Waals surface area contributed by atoms with Crippen LogP contribution in [0.4, 0.5) is 16.2 Å². The summed E-state index contributed by atoms with van der Waals surface area (Å²) in [5, 5.41) is 5.23. The van der Waals surface area contributed by atoms with Gasteiger partial charge >= 0.3 is 12.0 Å². The lowest BCUT2D eigenvalue weighted by atomic mass is 10.2. The van der Waals surface area contributed by atoms with Crippen molar-refractivity contribution in [1.82, 2.24) is 5.32 Å². The van der Waals surface area contributed by atoms with Gasteiger partial charge in [0.1, 0.15) is 12.1 Å². The molecule has 0 spiro atoms. The highest BCUT2D eigenvalue weighted by molar-refractivity contribution is 14.1. The standard InChI is InChI=1S/C22H26IN3O4/c1-15-8-7-9-16(12-15)25-21(29)24-13-19(27)26(14-20(28)30-22(2,3)4)18-11-6-5-10-17(18)23/h5-12H,13-14H2,1-4H3,(H2,24,25,29). The molecule has 30 heavy (non-hydrogen) atoms. The van der Waals surface area contributed by atoms with Crippen molar-refractivity contribution in [3.63, 3.8) is 0 Å². The summed E-state index contributed by atoms with van der Waals surface area (Å²) in [6, 6.07) is 14.0. The van der Waals surface area contributed by atoms with Crippen LogP contribution in [0.25, 0.3) is 0 Å². The fourth-order valence-electron chi connectivity index (χ4n) is 2.63. The Morgan fingerprint density at radius 1 is 1.07 bits per heavy atom. The van der Waals surface area contributed by atoms with Gasteiger partial charge in [0.15, 0.2) is 0 Å². The van der Waals surface area contributed by atoms with Crippen molar-refractivity contribution in [1.29, 1.82) is 0 Å². The van der Waals surface area contributed by atoms with Crippen LogP contribution in [0.3, 0.4) is 0 Å². The van der Waals surface area contributed by atoms with E-state index in [4.69, 9.17) is 4.74 Å². The second kappa shape index (κ2) is 10.4. The number of aryl methyl sites for hydroxylation is 1. The van der Waals surface area contributed by atoms with Gasteiger partial charge in [-0.05, 0) is 80.1 Å². The fourth-order valence-corrected chi connectivity index (χ4v) is 3.31. The molecule has 0 saturated carbocycles. The summed E-state index contributed by atoms with van der Waals surface area (Å²) < 4.78 is 6.16. The number of nitrogens with zero attached hydrogens (tertiary/aromatic N) is 1. The number of rotatable bonds is 6. The Hall–Kier alpha value is -2.62. The smallest absolute Gasteiger partial charge is 0.326 e. The van der Waals surface area contributed by atoms with E-state index in [1.165, 1.54) is 4.90 Å². The van der Waals surface area contributed by atoms with Gasteiger partial charge in [0.25, 0.3) is 0 Å². The number of para-hydroxylation sites is 1. The van der Waals surface area contributed by atoms with Crippen molar-refractivity contribution in [2.24, 2.45) is 0 Å². The first-order valence-electron chi connectivity index (χ1n) is 9.43. The Morgan fingerprint density at radius 3 is 2.40 bits per heavy atom. The molecule has 0 fully saturated rings. The molecule has 2 rings (SSSR count). The second-order valence-electron chi connectivity index (χ2n) is 7.69. The summed E-state index contributed by atoms with van der Waals surface area (Å²) >= 11 is 2.10. The van der Waals surface area contributed by atoms with Gasteiger partial charge in [0.2, 0.25) is 5.91 Å². The molecule has 160 valence electrons. The third-order valence-electron chi connectivity index (χ3n) is 3.83. The summed E-state index contributed by atoms with van der Waals surface area (Å²) in [5.74, 6) is -0.955. The van der Waals surface area contributed by atoms with E-state index in [9.17, 15) is 14.4 Å². The maximum atomic E-state index is 12.9. The summed E-state index contributed by atoms with van der Waals surface area (Å²) in [7, 11) is 0. The summed E-state index contributed by atoms with van der Waals surface area (Å²) in [4.78, 5) is 38.7. The first-order chi connectivity index (χ1) is 14.0. The van der Waals surface area contributed by atoms with Crippen molar-refractivity contribution in [2.75, 3.05) is 23.3 Å². The number of anilines is 2. The predicted octanol–water partition coefficient (Wildman–Crippen LogP) is 4.10. The zero-order chi connectivity index (χ0) is 22.3. The summed E-state index contributed by atoms with van der Waals surface area (Å²) in [6.45, 7) is 6.69. The number of benzene rings is 2. The molecule has 0 aliphatic heterocycles. The number of halogens is 1. The number of carbonyl (C=O) groups is 3. The maximum absolute atomic E-state index is 12.9. The molecule has 0 atom stereocenters. The molecule has 0 heterocycles. The van der Waals surface area contributed by atoms with Gasteiger partial charge in [-0.3, -0.25) is 14.5 Å². The molecule has 0 saturated heterocycles. The van der Waals surface area contributed by atoms with Crippen molar-refractivity contribution in [2.45, 2.75) is 33.3 Å². The number of urea groups is 1. The number of hydrogen-bond acceptors (Lipinski definition) is 4. The van der Waals surface area contributed by atoms with Crippen LogP contribution in [0.2, 0.25) is 0 Å². The molecule has 0 bridgehead atoms. The summed E-state index contributed by atoms with van der Waals surface area (Å²) in [6.07, 6.45) is 0. The van der Waals surface area contributed by atoms with E-state index in [0.717, 1.165) is 9.13 Å². The SMILES string of the molecule is Cc1cccc(NC(=O)NCC(=O)N(CC(=O)OC(C)(C)C)c2ccccc2I)c1. The first-order valence-corrected chi connectivity index (χ1v) is 10.5. The highest BCUT2D eigenvalue weighted by atomic mass is 127. The molecule has 0 unspecified atom stereocenters. The van der Waals surface area contributed by atoms with Gasteiger partial charge in [-0.2, -0.15) is 0 Å². The number of esters is 1. The van der Waals surface area contributed by atoms with E-state index in [1.807, 2.05) is 37.3 Å². The van der Waals surface area contributed by atoms with Gasteiger partial charge in [0, 0.05) is 9.26 Å². The quantitative estimate of drug-likeness (QED) is 0.441. The van der Waals surface area contributed by atoms with Crippen LogP contribution in [0.5, 0.6) is 0 Å². The highest BCUT2D eigenvalue weighted by Crippen LogP contribution is 2.22. The molecule has 3 amide bonds. The molecular weight excluding hydrogens is 497 g/mol. The van der Waals surface area contributed by atoms with Gasteiger partial charge in [0.05, 0.1) is 12.2 Å². The van der Waals surface area contributed by atoms with Crippen LogP contribution >= 0.6 is 22.6 Å². The molecule has 0 aromatic heterocycles. The van der Waals surface area contributed by atoms with E-state index in [-0.39, 0.29) is 13.1 Å². The zero-order valence-corrected chi connectivity index (χ0v) is 19.6. The average molecular weight is 523 g/mol. The van der Waals surface area contributed by atoms with Crippen molar-refractivity contribution < 1.29 is 19.1 Å². The summed E-state index contributed by atoms with van der Waals surface area (Å²) in [5.41, 5.74) is 1.55. The lowest BCUT2D eigenvalue weighted by molar-refractivity contribution is -0.153. The minimum absolute atomic E-state index is 0.253. The Bertz CT molecular complexity index is 925. The van der Waals surface area contributed by atoms with Gasteiger partial charge in [-0.25, -0.2) is 4.79 Å². The molecule has 2 aromatic carbocycles.